The first-order chi connectivity index (χ1) is 10.3. The Morgan fingerprint density at radius 2 is 1.86 bits per heavy atom. The first kappa shape index (κ1) is 15.0. The van der Waals surface area contributed by atoms with Crippen LogP contribution in [0.15, 0.2) is 4.52 Å². The lowest BCUT2D eigenvalue weighted by Gasteiger charge is -2.27. The zero-order valence-electron chi connectivity index (χ0n) is 13.1. The van der Waals surface area contributed by atoms with Crippen LogP contribution in [-0.4, -0.2) is 23.3 Å². The van der Waals surface area contributed by atoms with E-state index in [1.807, 2.05) is 0 Å². The van der Waals surface area contributed by atoms with Crippen LogP contribution in [0.5, 0.6) is 0 Å². The molecular weight excluding hydrogens is 266 g/mol. The van der Waals surface area contributed by atoms with Crippen LogP contribution >= 0.6 is 0 Å². The van der Waals surface area contributed by atoms with E-state index < -0.39 is 0 Å². The van der Waals surface area contributed by atoms with E-state index in [0.29, 0.717) is 18.5 Å². The predicted octanol–water partition coefficient (Wildman–Crippen LogP) is 3.30. The van der Waals surface area contributed by atoms with Crippen molar-refractivity contribution in [3.8, 4) is 0 Å². The molecule has 2 aliphatic carbocycles. The summed E-state index contributed by atoms with van der Waals surface area (Å²) in [4.78, 5) is 4.61. The number of aromatic nitrogens is 2. The Bertz CT molecular complexity index is 432. The van der Waals surface area contributed by atoms with Crippen LogP contribution in [0.25, 0.3) is 0 Å². The van der Waals surface area contributed by atoms with Crippen molar-refractivity contribution in [1.29, 1.82) is 0 Å². The molecule has 0 aliphatic heterocycles. The fraction of sp³-hybridized carbons (Fsp3) is 0.875. The second-order valence-corrected chi connectivity index (χ2v) is 6.49. The second-order valence-electron chi connectivity index (χ2n) is 6.49. The van der Waals surface area contributed by atoms with Crippen molar-refractivity contribution in [1.82, 2.24) is 15.5 Å². The molecule has 0 saturated heterocycles. The van der Waals surface area contributed by atoms with Gasteiger partial charge < -0.3 is 14.6 Å². The fourth-order valence-electron chi connectivity index (χ4n) is 3.69. The predicted molar refractivity (Wildman–Crippen MR) is 79.8 cm³/mol. The van der Waals surface area contributed by atoms with E-state index in [9.17, 15) is 0 Å². The molecule has 0 bridgehead atoms. The molecule has 1 heterocycles. The Balaban J connectivity index is 1.64. The zero-order chi connectivity index (χ0) is 14.5. The number of nitrogens with zero attached hydrogens (tertiary/aromatic N) is 2. The summed E-state index contributed by atoms with van der Waals surface area (Å²) in [5, 5.41) is 7.74. The SMILES string of the molecule is COC1(c2noc(CNC3CCCC3)n2)CCCCCC1. The average molecular weight is 293 g/mol. The number of ether oxygens (including phenoxy) is 1. The summed E-state index contributed by atoms with van der Waals surface area (Å²) in [5.41, 5.74) is -0.328. The molecule has 2 fully saturated rings. The van der Waals surface area contributed by atoms with Crippen LogP contribution < -0.4 is 5.32 Å². The highest BCUT2D eigenvalue weighted by atomic mass is 16.5. The quantitative estimate of drug-likeness (QED) is 0.844. The second kappa shape index (κ2) is 6.88. The van der Waals surface area contributed by atoms with Crippen LogP contribution in [-0.2, 0) is 16.9 Å². The fourth-order valence-corrected chi connectivity index (χ4v) is 3.69. The molecule has 1 aromatic rings. The van der Waals surface area contributed by atoms with Gasteiger partial charge in [-0.05, 0) is 25.7 Å². The van der Waals surface area contributed by atoms with Crippen molar-refractivity contribution in [2.45, 2.75) is 82.4 Å². The Labute approximate surface area is 126 Å². The maximum Gasteiger partial charge on any atom is 0.240 e. The van der Waals surface area contributed by atoms with E-state index >= 15 is 0 Å². The van der Waals surface area contributed by atoms with Gasteiger partial charge in [0.2, 0.25) is 11.7 Å². The smallest absolute Gasteiger partial charge is 0.240 e. The van der Waals surface area contributed by atoms with Gasteiger partial charge >= 0.3 is 0 Å². The van der Waals surface area contributed by atoms with E-state index in [1.54, 1.807) is 7.11 Å². The van der Waals surface area contributed by atoms with Crippen LogP contribution in [0.4, 0.5) is 0 Å². The molecule has 0 amide bonds. The first-order valence-corrected chi connectivity index (χ1v) is 8.44. The molecule has 2 saturated carbocycles. The molecule has 0 aromatic carbocycles. The highest BCUT2D eigenvalue weighted by Gasteiger charge is 2.37. The van der Waals surface area contributed by atoms with Crippen molar-refractivity contribution in [2.24, 2.45) is 0 Å². The number of hydrogen-bond donors (Lipinski definition) is 1. The maximum atomic E-state index is 5.83. The molecule has 2 aliphatic rings. The molecule has 5 nitrogen and oxygen atoms in total. The summed E-state index contributed by atoms with van der Waals surface area (Å²) < 4.78 is 11.3. The molecule has 118 valence electrons. The van der Waals surface area contributed by atoms with E-state index in [1.165, 1.54) is 51.4 Å². The lowest BCUT2D eigenvalue weighted by atomic mass is 9.93. The summed E-state index contributed by atoms with van der Waals surface area (Å²) in [6, 6.07) is 0.620. The summed E-state index contributed by atoms with van der Waals surface area (Å²) in [6.07, 6.45) is 12.1. The highest BCUT2D eigenvalue weighted by molar-refractivity contribution is 5.02. The Morgan fingerprint density at radius 3 is 2.52 bits per heavy atom. The van der Waals surface area contributed by atoms with Crippen LogP contribution in [0.2, 0.25) is 0 Å². The minimum absolute atomic E-state index is 0.328. The van der Waals surface area contributed by atoms with E-state index in [-0.39, 0.29) is 5.60 Å². The minimum Gasteiger partial charge on any atom is -0.370 e. The molecule has 0 unspecified atom stereocenters. The average Bonchev–Trinajstić information content (AvgIpc) is 3.13. The summed E-state index contributed by atoms with van der Waals surface area (Å²) in [7, 11) is 1.78. The van der Waals surface area contributed by atoms with Gasteiger partial charge in [-0.15, -0.1) is 0 Å². The van der Waals surface area contributed by atoms with Crippen molar-refractivity contribution in [3.63, 3.8) is 0 Å². The van der Waals surface area contributed by atoms with Gasteiger partial charge in [-0.3, -0.25) is 0 Å². The molecule has 21 heavy (non-hydrogen) atoms. The largest absolute Gasteiger partial charge is 0.370 e. The lowest BCUT2D eigenvalue weighted by Crippen LogP contribution is -2.29. The maximum absolute atomic E-state index is 5.83. The van der Waals surface area contributed by atoms with Gasteiger partial charge in [0.1, 0.15) is 5.60 Å². The van der Waals surface area contributed by atoms with Crippen molar-refractivity contribution in [2.75, 3.05) is 7.11 Å². The Hall–Kier alpha value is -0.940. The van der Waals surface area contributed by atoms with Crippen LogP contribution in [0, 0.1) is 0 Å². The minimum atomic E-state index is -0.328. The van der Waals surface area contributed by atoms with Crippen molar-refractivity contribution in [3.05, 3.63) is 11.7 Å². The third-order valence-electron chi connectivity index (χ3n) is 5.07. The Kier molecular flexibility index (Phi) is 4.91. The van der Waals surface area contributed by atoms with Gasteiger partial charge in [0.15, 0.2) is 0 Å². The third kappa shape index (κ3) is 3.46. The van der Waals surface area contributed by atoms with Gasteiger partial charge in [-0.25, -0.2) is 0 Å². The third-order valence-corrected chi connectivity index (χ3v) is 5.07. The van der Waals surface area contributed by atoms with Crippen molar-refractivity contribution >= 4 is 0 Å². The van der Waals surface area contributed by atoms with E-state index in [2.05, 4.69) is 15.5 Å². The molecule has 1 aromatic heterocycles. The summed E-state index contributed by atoms with van der Waals surface area (Å²) >= 11 is 0. The molecular formula is C16H27N3O2. The van der Waals surface area contributed by atoms with E-state index in [4.69, 9.17) is 9.26 Å². The summed E-state index contributed by atoms with van der Waals surface area (Å²) in [5.74, 6) is 1.44. The number of methoxy groups -OCH3 is 1. The molecule has 0 spiro atoms. The van der Waals surface area contributed by atoms with Gasteiger partial charge in [0, 0.05) is 13.2 Å². The molecule has 0 atom stereocenters. The standard InChI is InChI=1S/C16H27N3O2/c1-20-16(10-6-2-3-7-11-16)15-18-14(21-19-15)12-17-13-8-4-5-9-13/h13,17H,2-12H2,1H3. The molecule has 1 N–H and O–H groups in total. The molecule has 5 heteroatoms. The van der Waals surface area contributed by atoms with Crippen LogP contribution in [0.3, 0.4) is 0 Å². The highest BCUT2D eigenvalue weighted by Crippen LogP contribution is 2.37. The zero-order valence-corrected chi connectivity index (χ0v) is 13.1. The van der Waals surface area contributed by atoms with Crippen LogP contribution in [0.1, 0.15) is 75.9 Å². The molecule has 3 rings (SSSR count). The summed E-state index contributed by atoms with van der Waals surface area (Å²) in [6.45, 7) is 0.678. The van der Waals surface area contributed by atoms with E-state index in [0.717, 1.165) is 18.7 Å². The van der Waals surface area contributed by atoms with Gasteiger partial charge in [-0.1, -0.05) is 43.7 Å². The van der Waals surface area contributed by atoms with Gasteiger partial charge in [-0.2, -0.15) is 4.98 Å². The molecule has 0 radical (unpaired) electrons. The number of rotatable bonds is 5. The van der Waals surface area contributed by atoms with Crippen molar-refractivity contribution < 1.29 is 9.26 Å². The Morgan fingerprint density at radius 1 is 1.14 bits per heavy atom. The van der Waals surface area contributed by atoms with Gasteiger partial charge in [0.25, 0.3) is 0 Å². The topological polar surface area (TPSA) is 60.2 Å². The number of nitrogens with one attached hydrogen (secondary N) is 1. The first-order valence-electron chi connectivity index (χ1n) is 8.44. The lowest BCUT2D eigenvalue weighted by molar-refractivity contribution is -0.0365. The van der Waals surface area contributed by atoms with Gasteiger partial charge in [0.05, 0.1) is 6.54 Å². The number of hydrogen-bond acceptors (Lipinski definition) is 5. The normalized spacial score (nSPS) is 23.3. The monoisotopic (exact) mass is 293 g/mol.